The van der Waals surface area contributed by atoms with Crippen molar-refractivity contribution in [2.75, 3.05) is 26.2 Å². The molecular formula is C25H31N3O5. The summed E-state index contributed by atoms with van der Waals surface area (Å²) in [6.07, 6.45) is 8.86. The van der Waals surface area contributed by atoms with Gasteiger partial charge in [0.25, 0.3) is 0 Å². The summed E-state index contributed by atoms with van der Waals surface area (Å²) >= 11 is 0. The average Bonchev–Trinajstić information content (AvgIpc) is 3.25. The van der Waals surface area contributed by atoms with Gasteiger partial charge in [-0.15, -0.1) is 0 Å². The van der Waals surface area contributed by atoms with Crippen molar-refractivity contribution in [2.45, 2.75) is 38.5 Å². The van der Waals surface area contributed by atoms with Crippen molar-refractivity contribution in [3.05, 3.63) is 47.0 Å². The smallest absolute Gasteiger partial charge is 0.246 e. The highest BCUT2D eigenvalue weighted by molar-refractivity contribution is 5.90. The molecule has 1 fully saturated rings. The van der Waals surface area contributed by atoms with Crippen molar-refractivity contribution < 1.29 is 24.0 Å². The van der Waals surface area contributed by atoms with E-state index < -0.39 is 0 Å². The Balaban J connectivity index is 1.30. The number of carbonyl (C=O) groups excluding carboxylic acids is 5. The van der Waals surface area contributed by atoms with E-state index in [4.69, 9.17) is 0 Å². The van der Waals surface area contributed by atoms with Crippen molar-refractivity contribution >= 4 is 30.3 Å². The lowest BCUT2D eigenvalue weighted by atomic mass is 9.81. The maximum atomic E-state index is 12.4. The van der Waals surface area contributed by atoms with Crippen LogP contribution in [0.1, 0.15) is 58.4 Å². The zero-order valence-corrected chi connectivity index (χ0v) is 18.8. The van der Waals surface area contributed by atoms with Crippen LogP contribution in [0.4, 0.5) is 0 Å². The van der Waals surface area contributed by atoms with Gasteiger partial charge >= 0.3 is 0 Å². The highest BCUT2D eigenvalue weighted by Gasteiger charge is 2.26. The second-order valence-electron chi connectivity index (χ2n) is 8.70. The average molecular weight is 454 g/mol. The van der Waals surface area contributed by atoms with Crippen LogP contribution in [0.25, 0.3) is 0 Å². The molecule has 3 amide bonds. The SMILES string of the molecule is O=Cc1ccc(CCC(=O)NC[C@H]2CC[C@H](C(=O)NCCN3CC=CC3=O)CC2)cc1C=O. The van der Waals surface area contributed by atoms with Gasteiger partial charge in [-0.3, -0.25) is 24.0 Å². The van der Waals surface area contributed by atoms with Crippen molar-refractivity contribution in [3.8, 4) is 0 Å². The number of amides is 3. The summed E-state index contributed by atoms with van der Waals surface area (Å²) in [7, 11) is 0. The lowest BCUT2D eigenvalue weighted by Crippen LogP contribution is -2.40. The molecule has 2 aliphatic rings. The van der Waals surface area contributed by atoms with Crippen LogP contribution < -0.4 is 10.6 Å². The number of hydrogen-bond donors (Lipinski definition) is 2. The molecule has 0 aromatic heterocycles. The number of nitrogens with zero attached hydrogens (tertiary/aromatic N) is 1. The van der Waals surface area contributed by atoms with E-state index in [2.05, 4.69) is 10.6 Å². The van der Waals surface area contributed by atoms with Gasteiger partial charge in [-0.05, 0) is 49.7 Å². The fourth-order valence-electron chi connectivity index (χ4n) is 4.36. The standard InChI is InChI=1S/C25H31N3O5/c29-16-21-9-3-18(14-22(21)17-30)6-10-23(31)27-15-19-4-7-20(8-5-19)25(33)26-11-13-28-12-1-2-24(28)32/h1-3,9,14,16-17,19-20H,4-8,10-13,15H2,(H,26,33)(H,27,31)/t19-,20-. The number of rotatable bonds is 11. The Bertz CT molecular complexity index is 919. The van der Waals surface area contributed by atoms with Gasteiger partial charge in [0.2, 0.25) is 17.7 Å². The molecule has 0 saturated heterocycles. The molecular weight excluding hydrogens is 422 g/mol. The Hall–Kier alpha value is -3.29. The van der Waals surface area contributed by atoms with Gasteiger partial charge < -0.3 is 15.5 Å². The molecule has 2 N–H and O–H groups in total. The van der Waals surface area contributed by atoms with Gasteiger partial charge in [0, 0.05) is 55.7 Å². The molecule has 8 heteroatoms. The lowest BCUT2D eigenvalue weighted by Gasteiger charge is -2.28. The summed E-state index contributed by atoms with van der Waals surface area (Å²) in [6, 6.07) is 5.01. The number of aldehydes is 2. The molecule has 0 bridgehead atoms. The fraction of sp³-hybridized carbons (Fsp3) is 0.480. The predicted molar refractivity (Wildman–Crippen MR) is 123 cm³/mol. The molecule has 176 valence electrons. The maximum Gasteiger partial charge on any atom is 0.246 e. The highest BCUT2D eigenvalue weighted by atomic mass is 16.2. The Kier molecular flexibility index (Phi) is 8.92. The van der Waals surface area contributed by atoms with E-state index in [0.717, 1.165) is 31.2 Å². The minimum Gasteiger partial charge on any atom is -0.356 e. The van der Waals surface area contributed by atoms with Crippen LogP contribution in [0.5, 0.6) is 0 Å². The van der Waals surface area contributed by atoms with Crippen LogP contribution in [0, 0.1) is 11.8 Å². The Morgan fingerprint density at radius 2 is 1.79 bits per heavy atom. The monoisotopic (exact) mass is 453 g/mol. The Morgan fingerprint density at radius 1 is 1.03 bits per heavy atom. The predicted octanol–water partition coefficient (Wildman–Crippen LogP) is 1.68. The van der Waals surface area contributed by atoms with E-state index in [9.17, 15) is 24.0 Å². The van der Waals surface area contributed by atoms with Crippen LogP contribution >= 0.6 is 0 Å². The number of hydrogen-bond acceptors (Lipinski definition) is 5. The van der Waals surface area contributed by atoms with Gasteiger partial charge in [-0.25, -0.2) is 0 Å². The molecule has 1 heterocycles. The van der Waals surface area contributed by atoms with Crippen LogP contribution in [-0.2, 0) is 20.8 Å². The first-order valence-electron chi connectivity index (χ1n) is 11.5. The van der Waals surface area contributed by atoms with E-state index in [1.807, 2.05) is 6.08 Å². The third kappa shape index (κ3) is 7.10. The van der Waals surface area contributed by atoms with Crippen LogP contribution in [0.15, 0.2) is 30.4 Å². The first-order chi connectivity index (χ1) is 16.0. The van der Waals surface area contributed by atoms with E-state index in [1.165, 1.54) is 0 Å². The molecule has 1 aliphatic carbocycles. The molecule has 1 aromatic carbocycles. The third-order valence-electron chi connectivity index (χ3n) is 6.43. The van der Waals surface area contributed by atoms with Crippen LogP contribution in [0.2, 0.25) is 0 Å². The van der Waals surface area contributed by atoms with Crippen LogP contribution in [-0.4, -0.2) is 61.4 Å². The van der Waals surface area contributed by atoms with Gasteiger partial charge in [-0.2, -0.15) is 0 Å². The number of carbonyl (C=O) groups is 5. The normalized spacial score (nSPS) is 19.9. The van der Waals surface area contributed by atoms with Crippen molar-refractivity contribution in [3.63, 3.8) is 0 Å². The minimum absolute atomic E-state index is 0.00618. The number of benzene rings is 1. The molecule has 0 unspecified atom stereocenters. The summed E-state index contributed by atoms with van der Waals surface area (Å²) < 4.78 is 0. The van der Waals surface area contributed by atoms with E-state index >= 15 is 0 Å². The first kappa shape index (κ1) is 24.4. The number of nitrogens with one attached hydrogen (secondary N) is 2. The molecule has 0 atom stereocenters. The molecule has 33 heavy (non-hydrogen) atoms. The Labute approximate surface area is 193 Å². The summed E-state index contributed by atoms with van der Waals surface area (Å²) in [5, 5.41) is 5.92. The van der Waals surface area contributed by atoms with Crippen molar-refractivity contribution in [2.24, 2.45) is 11.8 Å². The van der Waals surface area contributed by atoms with Gasteiger partial charge in [0.05, 0.1) is 0 Å². The molecule has 0 spiro atoms. The topological polar surface area (TPSA) is 113 Å². The minimum atomic E-state index is -0.0482. The maximum absolute atomic E-state index is 12.4. The second kappa shape index (κ2) is 12.1. The van der Waals surface area contributed by atoms with E-state index in [-0.39, 0.29) is 23.6 Å². The van der Waals surface area contributed by atoms with Gasteiger partial charge in [0.1, 0.15) is 0 Å². The third-order valence-corrected chi connectivity index (χ3v) is 6.43. The van der Waals surface area contributed by atoms with Crippen LogP contribution in [0.3, 0.4) is 0 Å². The largest absolute Gasteiger partial charge is 0.356 e. The molecule has 8 nitrogen and oxygen atoms in total. The zero-order chi connectivity index (χ0) is 23.6. The highest BCUT2D eigenvalue weighted by Crippen LogP contribution is 2.28. The van der Waals surface area contributed by atoms with Gasteiger partial charge in [-0.1, -0.05) is 18.2 Å². The summed E-state index contributed by atoms with van der Waals surface area (Å²) in [5.41, 5.74) is 1.53. The quantitative estimate of drug-likeness (QED) is 0.495. The molecule has 1 aromatic rings. The first-order valence-corrected chi connectivity index (χ1v) is 11.5. The molecule has 3 rings (SSSR count). The Morgan fingerprint density at radius 3 is 2.45 bits per heavy atom. The van der Waals surface area contributed by atoms with Crippen molar-refractivity contribution in [1.82, 2.24) is 15.5 Å². The fourth-order valence-corrected chi connectivity index (χ4v) is 4.36. The summed E-state index contributed by atoms with van der Waals surface area (Å²) in [4.78, 5) is 59.8. The van der Waals surface area contributed by atoms with Gasteiger partial charge in [0.15, 0.2) is 12.6 Å². The molecule has 1 aliphatic heterocycles. The molecule has 1 saturated carbocycles. The summed E-state index contributed by atoms with van der Waals surface area (Å²) in [5.74, 6) is 0.346. The second-order valence-corrected chi connectivity index (χ2v) is 8.70. The summed E-state index contributed by atoms with van der Waals surface area (Å²) in [6.45, 7) is 2.20. The van der Waals surface area contributed by atoms with E-state index in [1.54, 1.807) is 29.2 Å². The zero-order valence-electron chi connectivity index (χ0n) is 18.8. The number of aryl methyl sites for hydroxylation is 1. The van der Waals surface area contributed by atoms with E-state index in [0.29, 0.717) is 68.6 Å². The lowest BCUT2D eigenvalue weighted by molar-refractivity contribution is -0.128. The molecule has 0 radical (unpaired) electrons. The van der Waals surface area contributed by atoms with Crippen molar-refractivity contribution in [1.29, 1.82) is 0 Å².